The molecule has 1 aliphatic carbocycles. The number of anilines is 3. The Hall–Kier alpha value is -8.98. The summed E-state index contributed by atoms with van der Waals surface area (Å²) in [6, 6.07) is 93.1. The number of fused-ring (bicyclic) bond motifs is 5. The van der Waals surface area contributed by atoms with Crippen molar-refractivity contribution in [3.05, 3.63) is 278 Å². The van der Waals surface area contributed by atoms with Crippen molar-refractivity contribution in [1.29, 1.82) is 0 Å². The quantitative estimate of drug-likeness (QED) is 0.140. The number of aromatic nitrogens is 1. The molecule has 1 unspecified atom stereocenters. The first-order chi connectivity index (χ1) is 35.1. The molecule has 0 saturated heterocycles. The van der Waals surface area contributed by atoms with E-state index in [4.69, 9.17) is 0 Å². The topological polar surface area (TPSA) is 8.17 Å². The second kappa shape index (κ2) is 17.8. The smallest absolute Gasteiger partial charge is 0.0547 e. The van der Waals surface area contributed by atoms with E-state index in [1.807, 2.05) is 0 Å². The third kappa shape index (κ3) is 7.62. The zero-order chi connectivity index (χ0) is 47.3. The summed E-state index contributed by atoms with van der Waals surface area (Å²) in [7, 11) is 0. The molecule has 0 N–H and O–H groups in total. The van der Waals surface area contributed by atoms with Gasteiger partial charge in [-0.25, -0.2) is 0 Å². The molecule has 11 aromatic carbocycles. The van der Waals surface area contributed by atoms with E-state index < -0.39 is 0 Å². The number of hydrogen-bond acceptors (Lipinski definition) is 1. The number of rotatable bonds is 9. The molecule has 2 nitrogen and oxygen atoms in total. The highest BCUT2D eigenvalue weighted by Crippen LogP contribution is 2.44. The largest absolute Gasteiger partial charge is 0.310 e. The monoisotopic (exact) mass is 906 g/mol. The number of benzene rings is 11. The zero-order valence-corrected chi connectivity index (χ0v) is 39.6. The van der Waals surface area contributed by atoms with Crippen LogP contribution in [0.2, 0.25) is 0 Å². The van der Waals surface area contributed by atoms with Crippen molar-refractivity contribution in [3.8, 4) is 39.1 Å². The van der Waals surface area contributed by atoms with Gasteiger partial charge in [0.2, 0.25) is 0 Å². The van der Waals surface area contributed by atoms with Crippen LogP contribution < -0.4 is 4.90 Å². The average molecular weight is 907 g/mol. The van der Waals surface area contributed by atoms with Crippen LogP contribution in [0.3, 0.4) is 0 Å². The summed E-state index contributed by atoms with van der Waals surface area (Å²) in [4.78, 5) is 2.40. The minimum Gasteiger partial charge on any atom is -0.310 e. The van der Waals surface area contributed by atoms with Crippen LogP contribution in [0.5, 0.6) is 0 Å². The van der Waals surface area contributed by atoms with Crippen LogP contribution in [0.1, 0.15) is 24.5 Å². The summed E-state index contributed by atoms with van der Waals surface area (Å²) < 4.78 is 2.42. The van der Waals surface area contributed by atoms with Crippen LogP contribution in [-0.2, 0) is 0 Å². The van der Waals surface area contributed by atoms with Crippen LogP contribution in [-0.4, -0.2) is 4.57 Å². The standard InChI is InChI=1S/C69H50N2/c1-47-31-32-55(46-66(47)64-28-14-30-68-69(64)65-25-9-10-29-67(65)71(68)56-20-3-2-4-21-56)54-19-11-22-59(45-54)70(58-43-39-53(40-44-58)63-27-13-18-51-16-6-8-24-61(51)63)57-41-37-49(38-42-57)48-33-35-52(36-34-48)62-26-12-17-50-15-5-7-23-60(50)62/h2-30,32-47H,31H2,1H3. The summed E-state index contributed by atoms with van der Waals surface area (Å²) in [5.74, 6) is 0.357. The summed E-state index contributed by atoms with van der Waals surface area (Å²) >= 11 is 0. The maximum Gasteiger partial charge on any atom is 0.0547 e. The van der Waals surface area contributed by atoms with E-state index in [2.05, 4.69) is 283 Å². The summed E-state index contributed by atoms with van der Waals surface area (Å²) in [6.07, 6.45) is 5.85. The van der Waals surface area contributed by atoms with Crippen LogP contribution >= 0.6 is 0 Å². The molecule has 1 aliphatic rings. The van der Waals surface area contributed by atoms with Crippen molar-refractivity contribution >= 4 is 71.6 Å². The van der Waals surface area contributed by atoms with Crippen molar-refractivity contribution in [2.45, 2.75) is 13.3 Å². The Balaban J connectivity index is 0.880. The van der Waals surface area contributed by atoms with E-state index in [0.29, 0.717) is 5.92 Å². The SMILES string of the molecule is CC1CC=C(c2cccc(N(c3ccc(-c4ccc(-c5cccc6ccccc56)cc4)cc3)c3ccc(-c4cccc5ccccc45)cc3)c2)C=C1c1cccc2c1c1ccccc1n2-c1ccccc1. The first-order valence-corrected chi connectivity index (χ1v) is 24.8. The second-order valence-corrected chi connectivity index (χ2v) is 18.9. The van der Waals surface area contributed by atoms with Gasteiger partial charge in [0.15, 0.2) is 0 Å². The molecule has 1 aromatic heterocycles. The van der Waals surface area contributed by atoms with Gasteiger partial charge >= 0.3 is 0 Å². The summed E-state index contributed by atoms with van der Waals surface area (Å²) in [5.41, 5.74) is 19.3. The van der Waals surface area contributed by atoms with E-state index in [1.165, 1.54) is 105 Å². The predicted octanol–water partition coefficient (Wildman–Crippen LogP) is 19.1. The number of nitrogens with zero attached hydrogens (tertiary/aromatic N) is 2. The maximum atomic E-state index is 2.46. The van der Waals surface area contributed by atoms with E-state index in [0.717, 1.165) is 23.5 Å². The molecule has 0 spiro atoms. The van der Waals surface area contributed by atoms with E-state index >= 15 is 0 Å². The van der Waals surface area contributed by atoms with Crippen molar-refractivity contribution in [2.75, 3.05) is 4.90 Å². The van der Waals surface area contributed by atoms with Crippen molar-refractivity contribution < 1.29 is 0 Å². The van der Waals surface area contributed by atoms with Gasteiger partial charge in [0, 0.05) is 33.5 Å². The molecule has 0 radical (unpaired) electrons. The lowest BCUT2D eigenvalue weighted by Gasteiger charge is -2.27. The molecule has 0 aliphatic heterocycles. The molecule has 0 amide bonds. The lowest BCUT2D eigenvalue weighted by molar-refractivity contribution is 0.762. The fourth-order valence-corrected chi connectivity index (χ4v) is 11.1. The molecule has 0 saturated carbocycles. The maximum absolute atomic E-state index is 2.46. The Bertz CT molecular complexity index is 3990. The molecule has 12 aromatic rings. The van der Waals surface area contributed by atoms with Gasteiger partial charge in [0.25, 0.3) is 0 Å². The summed E-state index contributed by atoms with van der Waals surface area (Å²) in [5, 5.41) is 7.62. The highest BCUT2D eigenvalue weighted by atomic mass is 15.1. The molecule has 1 heterocycles. The molecular weight excluding hydrogens is 857 g/mol. The van der Waals surface area contributed by atoms with Gasteiger partial charge in [-0.2, -0.15) is 0 Å². The highest BCUT2D eigenvalue weighted by Gasteiger charge is 2.23. The number of allylic oxidation sites excluding steroid dienone is 4. The average Bonchev–Trinajstić information content (AvgIpc) is 3.79. The summed E-state index contributed by atoms with van der Waals surface area (Å²) in [6.45, 7) is 2.37. The van der Waals surface area contributed by atoms with Gasteiger partial charge in [0.1, 0.15) is 0 Å². The normalized spacial score (nSPS) is 13.7. The predicted molar refractivity (Wildman–Crippen MR) is 303 cm³/mol. The third-order valence-corrected chi connectivity index (χ3v) is 14.7. The van der Waals surface area contributed by atoms with E-state index in [9.17, 15) is 0 Å². The fraction of sp³-hybridized carbons (Fsp3) is 0.0435. The molecule has 13 rings (SSSR count). The minimum atomic E-state index is 0.357. The Morgan fingerprint density at radius 3 is 1.54 bits per heavy atom. The highest BCUT2D eigenvalue weighted by molar-refractivity contribution is 6.14. The Morgan fingerprint density at radius 1 is 0.380 bits per heavy atom. The van der Waals surface area contributed by atoms with Gasteiger partial charge in [-0.15, -0.1) is 0 Å². The molecule has 71 heavy (non-hydrogen) atoms. The van der Waals surface area contributed by atoms with Gasteiger partial charge in [-0.1, -0.05) is 213 Å². The Labute approximate surface area is 415 Å². The first-order valence-electron chi connectivity index (χ1n) is 24.8. The molecule has 1 atom stereocenters. The van der Waals surface area contributed by atoms with Gasteiger partial charge in [-0.05, 0) is 150 Å². The molecule has 2 heteroatoms. The molecule has 0 bridgehead atoms. The lowest BCUT2D eigenvalue weighted by Crippen LogP contribution is -2.10. The lowest BCUT2D eigenvalue weighted by atomic mass is 9.82. The van der Waals surface area contributed by atoms with Gasteiger partial charge in [0.05, 0.1) is 11.0 Å². The van der Waals surface area contributed by atoms with E-state index in [1.54, 1.807) is 0 Å². The van der Waals surface area contributed by atoms with Crippen LogP contribution in [0.25, 0.3) is 93.6 Å². The molecule has 336 valence electrons. The van der Waals surface area contributed by atoms with Gasteiger partial charge < -0.3 is 9.47 Å². The fourth-order valence-electron chi connectivity index (χ4n) is 11.1. The first kappa shape index (κ1) is 42.1. The van der Waals surface area contributed by atoms with Gasteiger partial charge in [-0.3, -0.25) is 0 Å². The minimum absolute atomic E-state index is 0.357. The number of hydrogen-bond donors (Lipinski definition) is 0. The molecule has 0 fully saturated rings. The Morgan fingerprint density at radius 2 is 0.873 bits per heavy atom. The van der Waals surface area contributed by atoms with Crippen molar-refractivity contribution in [2.24, 2.45) is 5.92 Å². The zero-order valence-electron chi connectivity index (χ0n) is 39.6. The van der Waals surface area contributed by atoms with Crippen LogP contribution in [0, 0.1) is 5.92 Å². The Kier molecular flexibility index (Phi) is 10.6. The van der Waals surface area contributed by atoms with Crippen LogP contribution in [0.15, 0.2) is 267 Å². The third-order valence-electron chi connectivity index (χ3n) is 14.7. The second-order valence-electron chi connectivity index (χ2n) is 18.9. The molecular formula is C69H50N2. The van der Waals surface area contributed by atoms with Crippen molar-refractivity contribution in [1.82, 2.24) is 4.57 Å². The van der Waals surface area contributed by atoms with Crippen molar-refractivity contribution in [3.63, 3.8) is 0 Å². The van der Waals surface area contributed by atoms with E-state index in [-0.39, 0.29) is 0 Å². The van der Waals surface area contributed by atoms with Crippen LogP contribution in [0.4, 0.5) is 17.1 Å². The number of para-hydroxylation sites is 2.